The van der Waals surface area contributed by atoms with Gasteiger partial charge in [0.1, 0.15) is 11.7 Å². The Bertz CT molecular complexity index is 645. The molecule has 0 bridgehead atoms. The van der Waals surface area contributed by atoms with Gasteiger partial charge in [-0.2, -0.15) is 0 Å². The van der Waals surface area contributed by atoms with Crippen LogP contribution in [0.4, 0.5) is 4.39 Å². The van der Waals surface area contributed by atoms with Crippen molar-refractivity contribution in [1.82, 2.24) is 10.2 Å². The van der Waals surface area contributed by atoms with E-state index in [4.69, 9.17) is 0 Å². The van der Waals surface area contributed by atoms with Gasteiger partial charge in [-0.25, -0.2) is 4.39 Å². The highest BCUT2D eigenvalue weighted by Crippen LogP contribution is 2.35. The van der Waals surface area contributed by atoms with Crippen LogP contribution in [0.15, 0.2) is 24.3 Å². The average molecular weight is 362 g/mol. The minimum absolute atomic E-state index is 0.0763. The average Bonchev–Trinajstić information content (AvgIpc) is 2.62. The van der Waals surface area contributed by atoms with Gasteiger partial charge >= 0.3 is 0 Å². The van der Waals surface area contributed by atoms with Crippen LogP contribution in [0.3, 0.4) is 0 Å². The first kappa shape index (κ1) is 20.1. The lowest BCUT2D eigenvalue weighted by Crippen LogP contribution is -2.53. The number of amides is 3. The molecular weight excluding hydrogens is 335 g/mol. The minimum atomic E-state index is -0.952. The fourth-order valence-corrected chi connectivity index (χ4v) is 3.24. The van der Waals surface area contributed by atoms with Crippen molar-refractivity contribution in [2.24, 2.45) is 5.92 Å². The van der Waals surface area contributed by atoms with E-state index in [1.165, 1.54) is 17.0 Å². The van der Waals surface area contributed by atoms with Crippen LogP contribution in [-0.4, -0.2) is 35.7 Å². The van der Waals surface area contributed by atoms with E-state index >= 15 is 0 Å². The fraction of sp³-hybridized carbons (Fsp3) is 0.550. The smallest absolute Gasteiger partial charge is 0.242 e. The van der Waals surface area contributed by atoms with E-state index in [0.717, 1.165) is 19.3 Å². The summed E-state index contributed by atoms with van der Waals surface area (Å²) in [6.45, 7) is 4.83. The Balaban J connectivity index is 2.28. The Morgan fingerprint density at radius 2 is 1.81 bits per heavy atom. The monoisotopic (exact) mass is 362 g/mol. The van der Waals surface area contributed by atoms with Crippen LogP contribution in [0.25, 0.3) is 0 Å². The quantitative estimate of drug-likeness (QED) is 0.439. The number of likely N-dealkylation sites (tertiary alicyclic amines) is 1. The first-order valence-corrected chi connectivity index (χ1v) is 9.37. The van der Waals surface area contributed by atoms with Crippen molar-refractivity contribution in [1.29, 1.82) is 0 Å². The first-order valence-electron chi connectivity index (χ1n) is 9.37. The zero-order chi connectivity index (χ0) is 19.1. The second-order valence-corrected chi connectivity index (χ2v) is 6.72. The molecule has 1 aromatic rings. The Labute approximate surface area is 153 Å². The Hall–Kier alpha value is -2.24. The van der Waals surface area contributed by atoms with Gasteiger partial charge in [0.05, 0.1) is 0 Å². The Morgan fingerprint density at radius 1 is 1.15 bits per heavy atom. The molecule has 26 heavy (non-hydrogen) atoms. The molecule has 3 amide bonds. The number of unbranched alkanes of at least 4 members (excludes halogenated alkanes) is 2. The molecule has 2 unspecified atom stereocenters. The summed E-state index contributed by atoms with van der Waals surface area (Å²) in [5.41, 5.74) is 0.638. The predicted octanol–water partition coefficient (Wildman–Crippen LogP) is 3.00. The molecule has 0 aromatic heterocycles. The third kappa shape index (κ3) is 4.68. The molecule has 1 aliphatic heterocycles. The van der Waals surface area contributed by atoms with Crippen molar-refractivity contribution in [3.63, 3.8) is 0 Å². The van der Waals surface area contributed by atoms with Gasteiger partial charge < -0.3 is 5.32 Å². The molecule has 0 aliphatic carbocycles. The lowest BCUT2D eigenvalue weighted by atomic mass is 9.78. The number of carbonyl (C=O) groups is 3. The number of imide groups is 1. The van der Waals surface area contributed by atoms with E-state index in [0.29, 0.717) is 25.1 Å². The standard InChI is InChI=1S/C20H27FN2O3/c1-3-5-11-22-19(25)18-16(14-7-9-15(21)10-8-14)13-17(24)23(20(18)26)12-6-4-2/h7-10,16,18H,3-6,11-13H2,1-2H3,(H,22,25). The summed E-state index contributed by atoms with van der Waals surface area (Å²) in [5.74, 6) is -2.97. The first-order chi connectivity index (χ1) is 12.5. The molecule has 2 rings (SSSR count). The maximum absolute atomic E-state index is 13.2. The summed E-state index contributed by atoms with van der Waals surface area (Å²) in [4.78, 5) is 39.4. The molecule has 1 heterocycles. The number of benzene rings is 1. The SMILES string of the molecule is CCCCNC(=O)C1C(=O)N(CCCC)C(=O)CC1c1ccc(F)cc1. The number of halogens is 1. The topological polar surface area (TPSA) is 66.5 Å². The van der Waals surface area contributed by atoms with Gasteiger partial charge in [0.15, 0.2) is 0 Å². The van der Waals surface area contributed by atoms with E-state index in [-0.39, 0.29) is 18.2 Å². The maximum atomic E-state index is 13.2. The summed E-state index contributed by atoms with van der Waals surface area (Å²) >= 11 is 0. The maximum Gasteiger partial charge on any atom is 0.242 e. The molecule has 6 heteroatoms. The summed E-state index contributed by atoms with van der Waals surface area (Å²) < 4.78 is 13.2. The van der Waals surface area contributed by atoms with Crippen LogP contribution in [0.2, 0.25) is 0 Å². The molecule has 2 atom stereocenters. The van der Waals surface area contributed by atoms with Crippen molar-refractivity contribution in [3.8, 4) is 0 Å². The Kier molecular flexibility index (Phi) is 7.30. The lowest BCUT2D eigenvalue weighted by Gasteiger charge is -2.36. The third-order valence-corrected chi connectivity index (χ3v) is 4.78. The zero-order valence-electron chi connectivity index (χ0n) is 15.5. The number of rotatable bonds is 8. The number of carbonyl (C=O) groups excluding carboxylic acids is 3. The van der Waals surface area contributed by atoms with E-state index in [9.17, 15) is 18.8 Å². The fourth-order valence-electron chi connectivity index (χ4n) is 3.24. The van der Waals surface area contributed by atoms with E-state index in [1.54, 1.807) is 12.1 Å². The van der Waals surface area contributed by atoms with Gasteiger partial charge in [-0.1, -0.05) is 38.8 Å². The third-order valence-electron chi connectivity index (χ3n) is 4.78. The summed E-state index contributed by atoms with van der Waals surface area (Å²) in [7, 11) is 0. The predicted molar refractivity (Wildman–Crippen MR) is 96.8 cm³/mol. The molecule has 0 radical (unpaired) electrons. The molecule has 5 nitrogen and oxygen atoms in total. The second-order valence-electron chi connectivity index (χ2n) is 6.72. The van der Waals surface area contributed by atoms with Gasteiger partial charge in [-0.15, -0.1) is 0 Å². The number of nitrogens with one attached hydrogen (secondary N) is 1. The number of hydrogen-bond acceptors (Lipinski definition) is 3. The van der Waals surface area contributed by atoms with Crippen LogP contribution < -0.4 is 5.32 Å². The highest BCUT2D eigenvalue weighted by molar-refractivity contribution is 6.10. The molecule has 0 saturated carbocycles. The number of hydrogen-bond donors (Lipinski definition) is 1. The minimum Gasteiger partial charge on any atom is -0.355 e. The van der Waals surface area contributed by atoms with Gasteiger partial charge in [-0.3, -0.25) is 19.3 Å². The summed E-state index contributed by atoms with van der Waals surface area (Å²) in [5, 5.41) is 2.81. The van der Waals surface area contributed by atoms with Gasteiger partial charge in [0, 0.05) is 25.4 Å². The number of nitrogens with zero attached hydrogens (tertiary/aromatic N) is 1. The van der Waals surface area contributed by atoms with Gasteiger partial charge in [-0.05, 0) is 30.5 Å². The van der Waals surface area contributed by atoms with Crippen LogP contribution in [0.1, 0.15) is 57.4 Å². The van der Waals surface area contributed by atoms with Gasteiger partial charge in [0.2, 0.25) is 17.7 Å². The summed E-state index contributed by atoms with van der Waals surface area (Å²) in [6, 6.07) is 5.68. The molecule has 1 N–H and O–H groups in total. The summed E-state index contributed by atoms with van der Waals surface area (Å²) in [6.07, 6.45) is 3.40. The van der Waals surface area contributed by atoms with E-state index in [1.807, 2.05) is 13.8 Å². The highest BCUT2D eigenvalue weighted by atomic mass is 19.1. The largest absolute Gasteiger partial charge is 0.355 e. The van der Waals surface area contributed by atoms with Crippen molar-refractivity contribution in [3.05, 3.63) is 35.6 Å². The van der Waals surface area contributed by atoms with Crippen molar-refractivity contribution >= 4 is 17.7 Å². The van der Waals surface area contributed by atoms with Crippen LogP contribution in [0.5, 0.6) is 0 Å². The van der Waals surface area contributed by atoms with Crippen LogP contribution >= 0.6 is 0 Å². The van der Waals surface area contributed by atoms with Crippen molar-refractivity contribution < 1.29 is 18.8 Å². The molecule has 1 aromatic carbocycles. The van der Waals surface area contributed by atoms with Crippen molar-refractivity contribution in [2.45, 2.75) is 51.9 Å². The van der Waals surface area contributed by atoms with E-state index in [2.05, 4.69) is 5.32 Å². The van der Waals surface area contributed by atoms with E-state index < -0.39 is 23.6 Å². The molecule has 0 spiro atoms. The zero-order valence-corrected chi connectivity index (χ0v) is 15.5. The molecule has 1 fully saturated rings. The molecule has 1 aliphatic rings. The second kappa shape index (κ2) is 9.46. The highest BCUT2D eigenvalue weighted by Gasteiger charge is 2.45. The Morgan fingerprint density at radius 3 is 2.42 bits per heavy atom. The van der Waals surface area contributed by atoms with Crippen molar-refractivity contribution in [2.75, 3.05) is 13.1 Å². The van der Waals surface area contributed by atoms with Crippen LogP contribution in [-0.2, 0) is 14.4 Å². The number of piperidine rings is 1. The van der Waals surface area contributed by atoms with Crippen LogP contribution in [0, 0.1) is 11.7 Å². The molecule has 142 valence electrons. The normalized spacial score (nSPS) is 20.3. The van der Waals surface area contributed by atoms with Gasteiger partial charge in [0.25, 0.3) is 0 Å². The molecule has 1 saturated heterocycles. The molecular formula is C20H27FN2O3. The lowest BCUT2D eigenvalue weighted by molar-refractivity contribution is -0.155.